The second-order valence-corrected chi connectivity index (χ2v) is 4.82. The van der Waals surface area contributed by atoms with Crippen LogP contribution in [0.15, 0.2) is 23.2 Å². The highest BCUT2D eigenvalue weighted by atomic mass is 32.2. The van der Waals surface area contributed by atoms with Gasteiger partial charge in [-0.2, -0.15) is 14.9 Å². The fraction of sp³-hybridized carbons (Fsp3) is 0.364. The van der Waals surface area contributed by atoms with E-state index in [0.717, 1.165) is 22.9 Å². The van der Waals surface area contributed by atoms with E-state index in [9.17, 15) is 0 Å². The molecule has 0 bridgehead atoms. The normalized spacial score (nSPS) is 10.7. The van der Waals surface area contributed by atoms with Gasteiger partial charge < -0.3 is 5.73 Å². The van der Waals surface area contributed by atoms with Crippen molar-refractivity contribution in [3.8, 4) is 5.82 Å². The standard InChI is InChI=1S/C11H15N5S/c1-3-6-17-11-7-9(12)16(15-11)10-5-4-8(2)13-14-10/h4-5,7H,3,6,12H2,1-2H3. The highest BCUT2D eigenvalue weighted by Crippen LogP contribution is 2.21. The zero-order valence-corrected chi connectivity index (χ0v) is 10.7. The van der Waals surface area contributed by atoms with E-state index >= 15 is 0 Å². The number of rotatable bonds is 4. The van der Waals surface area contributed by atoms with Gasteiger partial charge in [0.25, 0.3) is 0 Å². The van der Waals surface area contributed by atoms with Gasteiger partial charge in [0.15, 0.2) is 5.82 Å². The summed E-state index contributed by atoms with van der Waals surface area (Å²) in [5, 5.41) is 13.4. The van der Waals surface area contributed by atoms with Gasteiger partial charge in [-0.15, -0.1) is 16.9 Å². The topological polar surface area (TPSA) is 69.6 Å². The number of hydrogen-bond acceptors (Lipinski definition) is 5. The summed E-state index contributed by atoms with van der Waals surface area (Å²) in [6.45, 7) is 4.03. The van der Waals surface area contributed by atoms with Crippen molar-refractivity contribution in [1.82, 2.24) is 20.0 Å². The average Bonchev–Trinajstić information content (AvgIpc) is 2.69. The maximum absolute atomic E-state index is 5.90. The predicted molar refractivity (Wildman–Crippen MR) is 69.3 cm³/mol. The Morgan fingerprint density at radius 1 is 1.35 bits per heavy atom. The first-order chi connectivity index (χ1) is 8.20. The highest BCUT2D eigenvalue weighted by Gasteiger charge is 2.08. The number of hydrogen-bond donors (Lipinski definition) is 1. The van der Waals surface area contributed by atoms with E-state index in [4.69, 9.17) is 5.73 Å². The van der Waals surface area contributed by atoms with Crippen LogP contribution in [-0.4, -0.2) is 25.7 Å². The SMILES string of the molecule is CCCSc1cc(N)n(-c2ccc(C)nn2)n1. The smallest absolute Gasteiger partial charge is 0.178 e. The molecule has 2 heterocycles. The van der Waals surface area contributed by atoms with Crippen molar-refractivity contribution in [3.63, 3.8) is 0 Å². The van der Waals surface area contributed by atoms with Crippen molar-refractivity contribution < 1.29 is 0 Å². The van der Waals surface area contributed by atoms with Gasteiger partial charge >= 0.3 is 0 Å². The summed E-state index contributed by atoms with van der Waals surface area (Å²) in [5.74, 6) is 2.27. The lowest BCUT2D eigenvalue weighted by molar-refractivity contribution is 0.787. The van der Waals surface area contributed by atoms with E-state index < -0.39 is 0 Å². The molecule has 0 aliphatic rings. The van der Waals surface area contributed by atoms with E-state index in [-0.39, 0.29) is 0 Å². The number of nitrogens with two attached hydrogens (primary N) is 1. The first-order valence-corrected chi connectivity index (χ1v) is 6.48. The van der Waals surface area contributed by atoms with Gasteiger partial charge in [0.05, 0.1) is 5.69 Å². The molecule has 0 aromatic carbocycles. The quantitative estimate of drug-likeness (QED) is 0.840. The molecule has 2 rings (SSSR count). The Hall–Kier alpha value is -1.56. The van der Waals surface area contributed by atoms with Gasteiger partial charge in [-0.3, -0.25) is 0 Å². The monoisotopic (exact) mass is 249 g/mol. The fourth-order valence-corrected chi connectivity index (χ4v) is 2.10. The summed E-state index contributed by atoms with van der Waals surface area (Å²) in [5.41, 5.74) is 6.78. The third-order valence-corrected chi connectivity index (χ3v) is 3.28. The van der Waals surface area contributed by atoms with E-state index in [1.807, 2.05) is 25.1 Å². The first-order valence-electron chi connectivity index (χ1n) is 5.49. The molecule has 0 fully saturated rings. The summed E-state index contributed by atoms with van der Waals surface area (Å²) < 4.78 is 1.62. The molecule has 0 aliphatic carbocycles. The van der Waals surface area contributed by atoms with Gasteiger partial charge in [-0.05, 0) is 31.2 Å². The fourth-order valence-electron chi connectivity index (χ4n) is 1.34. The van der Waals surface area contributed by atoms with Crippen LogP contribution in [0.4, 0.5) is 5.82 Å². The Balaban J connectivity index is 2.26. The van der Waals surface area contributed by atoms with Crippen LogP contribution in [0.2, 0.25) is 0 Å². The molecule has 90 valence electrons. The molecule has 0 amide bonds. The van der Waals surface area contributed by atoms with Gasteiger partial charge in [-0.1, -0.05) is 6.92 Å². The number of aryl methyl sites for hydroxylation is 1. The molecule has 17 heavy (non-hydrogen) atoms. The molecule has 0 spiro atoms. The van der Waals surface area contributed by atoms with Crippen LogP contribution in [0.3, 0.4) is 0 Å². The van der Waals surface area contributed by atoms with Gasteiger partial charge in [0.2, 0.25) is 0 Å². The van der Waals surface area contributed by atoms with Crippen molar-refractivity contribution in [1.29, 1.82) is 0 Å². The third-order valence-electron chi connectivity index (χ3n) is 2.17. The molecule has 2 N–H and O–H groups in total. The van der Waals surface area contributed by atoms with E-state index in [1.54, 1.807) is 16.4 Å². The third kappa shape index (κ3) is 2.76. The number of nitrogen functional groups attached to an aromatic ring is 1. The van der Waals surface area contributed by atoms with Crippen molar-refractivity contribution in [2.45, 2.75) is 25.3 Å². The number of nitrogens with zero attached hydrogens (tertiary/aromatic N) is 4. The minimum Gasteiger partial charge on any atom is -0.383 e. The summed E-state index contributed by atoms with van der Waals surface area (Å²) >= 11 is 1.69. The van der Waals surface area contributed by atoms with Crippen LogP contribution in [-0.2, 0) is 0 Å². The van der Waals surface area contributed by atoms with E-state index in [2.05, 4.69) is 22.2 Å². The van der Waals surface area contributed by atoms with Gasteiger partial charge in [0.1, 0.15) is 10.8 Å². The molecule has 0 saturated heterocycles. The maximum atomic E-state index is 5.90. The van der Waals surface area contributed by atoms with Gasteiger partial charge in [0, 0.05) is 6.07 Å². The number of anilines is 1. The minimum atomic E-state index is 0.585. The van der Waals surface area contributed by atoms with Crippen LogP contribution < -0.4 is 5.73 Å². The van der Waals surface area contributed by atoms with Crippen molar-refractivity contribution in [3.05, 3.63) is 23.9 Å². The van der Waals surface area contributed by atoms with Crippen molar-refractivity contribution in [2.75, 3.05) is 11.5 Å². The largest absolute Gasteiger partial charge is 0.383 e. The van der Waals surface area contributed by atoms with E-state index in [1.165, 1.54) is 0 Å². The Kier molecular flexibility index (Phi) is 3.63. The van der Waals surface area contributed by atoms with Crippen LogP contribution >= 0.6 is 11.8 Å². The van der Waals surface area contributed by atoms with E-state index in [0.29, 0.717) is 11.6 Å². The lowest BCUT2D eigenvalue weighted by Crippen LogP contribution is -2.05. The molecular formula is C11H15N5S. The maximum Gasteiger partial charge on any atom is 0.178 e. The molecule has 0 saturated carbocycles. The zero-order chi connectivity index (χ0) is 12.3. The molecule has 2 aromatic rings. The molecule has 2 aromatic heterocycles. The lowest BCUT2D eigenvalue weighted by Gasteiger charge is -2.01. The summed E-state index contributed by atoms with van der Waals surface area (Å²) in [7, 11) is 0. The Bertz CT molecular complexity index is 491. The second kappa shape index (κ2) is 5.18. The summed E-state index contributed by atoms with van der Waals surface area (Å²) in [6.07, 6.45) is 1.11. The number of aromatic nitrogens is 4. The lowest BCUT2D eigenvalue weighted by atomic mass is 10.4. The minimum absolute atomic E-state index is 0.585. The molecule has 0 unspecified atom stereocenters. The average molecular weight is 249 g/mol. The molecule has 0 atom stereocenters. The Morgan fingerprint density at radius 3 is 2.82 bits per heavy atom. The second-order valence-electron chi connectivity index (χ2n) is 3.70. The Morgan fingerprint density at radius 2 is 2.18 bits per heavy atom. The molecule has 6 heteroatoms. The van der Waals surface area contributed by atoms with Gasteiger partial charge in [-0.25, -0.2) is 0 Å². The molecule has 5 nitrogen and oxygen atoms in total. The summed E-state index contributed by atoms with van der Waals surface area (Å²) in [6, 6.07) is 5.62. The first kappa shape index (κ1) is 11.9. The van der Waals surface area contributed by atoms with Crippen molar-refractivity contribution in [2.24, 2.45) is 0 Å². The van der Waals surface area contributed by atoms with Crippen LogP contribution in [0.25, 0.3) is 5.82 Å². The summed E-state index contributed by atoms with van der Waals surface area (Å²) in [4.78, 5) is 0. The Labute approximate surface area is 104 Å². The molecule has 0 radical (unpaired) electrons. The van der Waals surface area contributed by atoms with Crippen molar-refractivity contribution >= 4 is 17.6 Å². The predicted octanol–water partition coefficient (Wildman–Crippen LogP) is 2.06. The zero-order valence-electron chi connectivity index (χ0n) is 9.92. The van der Waals surface area contributed by atoms with Crippen LogP contribution in [0.1, 0.15) is 19.0 Å². The van der Waals surface area contributed by atoms with Crippen LogP contribution in [0.5, 0.6) is 0 Å². The van der Waals surface area contributed by atoms with Crippen LogP contribution in [0, 0.1) is 6.92 Å². The molecular weight excluding hydrogens is 234 g/mol. The number of thioether (sulfide) groups is 1. The molecule has 0 aliphatic heterocycles. The highest BCUT2D eigenvalue weighted by molar-refractivity contribution is 7.99.